The summed E-state index contributed by atoms with van der Waals surface area (Å²) in [5.74, 6) is 0.408. The lowest BCUT2D eigenvalue weighted by molar-refractivity contribution is -0.120. The third kappa shape index (κ3) is 5.82. The first kappa shape index (κ1) is 23.2. The average Bonchev–Trinajstić information content (AvgIpc) is 2.79. The number of rotatable bonds is 9. The molecule has 0 aliphatic carbocycles. The van der Waals surface area contributed by atoms with Crippen molar-refractivity contribution in [3.05, 3.63) is 78.2 Å². The van der Waals surface area contributed by atoms with Crippen LogP contribution in [0, 0.1) is 5.82 Å². The molecule has 0 bridgehead atoms. The zero-order valence-corrected chi connectivity index (χ0v) is 18.4. The first-order valence-corrected chi connectivity index (χ1v) is 11.5. The molecule has 1 atom stereocenters. The van der Waals surface area contributed by atoms with Gasteiger partial charge in [0.2, 0.25) is 11.8 Å². The Hall–Kier alpha value is -3.46. The van der Waals surface area contributed by atoms with E-state index in [0.717, 1.165) is 30.0 Å². The van der Waals surface area contributed by atoms with Crippen LogP contribution < -0.4 is 14.8 Å². The highest BCUT2D eigenvalue weighted by atomic mass is 32.2. The Morgan fingerprint density at radius 3 is 2.38 bits per heavy atom. The van der Waals surface area contributed by atoms with E-state index in [9.17, 15) is 17.6 Å². The van der Waals surface area contributed by atoms with Gasteiger partial charge in [0.05, 0.1) is 11.5 Å². The summed E-state index contributed by atoms with van der Waals surface area (Å²) < 4.78 is 49.4. The summed E-state index contributed by atoms with van der Waals surface area (Å²) in [6.45, 7) is 3.85. The number of sulfone groups is 1. The molecule has 3 rings (SSSR count). The van der Waals surface area contributed by atoms with Crippen LogP contribution in [0.4, 0.5) is 4.39 Å². The van der Waals surface area contributed by atoms with Gasteiger partial charge >= 0.3 is 0 Å². The molecule has 7 nitrogen and oxygen atoms in total. The van der Waals surface area contributed by atoms with Gasteiger partial charge in [0.25, 0.3) is 0 Å². The lowest BCUT2D eigenvalue weighted by Gasteiger charge is -2.14. The molecule has 1 N–H and O–H groups in total. The van der Waals surface area contributed by atoms with Crippen LogP contribution in [0.1, 0.15) is 19.4 Å². The van der Waals surface area contributed by atoms with E-state index in [2.05, 4.69) is 10.3 Å². The number of halogens is 1. The molecule has 0 saturated carbocycles. The van der Waals surface area contributed by atoms with Gasteiger partial charge in [0.1, 0.15) is 22.6 Å². The Balaban J connectivity index is 1.61. The molecule has 0 fully saturated rings. The van der Waals surface area contributed by atoms with Gasteiger partial charge in [-0.25, -0.2) is 17.8 Å². The molecule has 1 heterocycles. The van der Waals surface area contributed by atoms with Crippen molar-refractivity contribution in [3.8, 4) is 17.4 Å². The minimum absolute atomic E-state index is 0.0876. The van der Waals surface area contributed by atoms with E-state index >= 15 is 0 Å². The predicted octanol–water partition coefficient (Wildman–Crippen LogP) is 3.89. The van der Waals surface area contributed by atoms with Crippen LogP contribution in [0.2, 0.25) is 0 Å². The summed E-state index contributed by atoms with van der Waals surface area (Å²) in [6.07, 6.45) is 1.53. The number of carbonyl (C=O) groups excluding carboxylic acids is 1. The molecule has 2 aromatic carbocycles. The Bertz CT molecular complexity index is 1170. The molecule has 1 aromatic heterocycles. The maximum atomic E-state index is 13.1. The number of carbonyl (C=O) groups is 1. The zero-order valence-electron chi connectivity index (χ0n) is 17.6. The standard InChI is InChI=1S/C23H23FN2O5S/c1-3-30-19-6-8-20(9-7-19)31-22-14-17(12-13-25-22)15-26-23(27)16(2)32(28,29)21-10-4-18(24)5-11-21/h4-14,16H,3,15H2,1-2H3,(H,26,27). The Morgan fingerprint density at radius 2 is 1.72 bits per heavy atom. The molecule has 1 amide bonds. The molecule has 0 radical (unpaired) electrons. The quantitative estimate of drug-likeness (QED) is 0.489. The molecule has 1 unspecified atom stereocenters. The first-order chi connectivity index (χ1) is 15.3. The molecule has 0 saturated heterocycles. The maximum Gasteiger partial charge on any atom is 0.238 e. The fourth-order valence-electron chi connectivity index (χ4n) is 2.81. The molecule has 3 aromatic rings. The van der Waals surface area contributed by atoms with E-state index in [4.69, 9.17) is 9.47 Å². The van der Waals surface area contributed by atoms with Gasteiger partial charge in [-0.05, 0) is 74.0 Å². The van der Waals surface area contributed by atoms with Crippen LogP contribution in [-0.2, 0) is 21.2 Å². The largest absolute Gasteiger partial charge is 0.494 e. The second-order valence-corrected chi connectivity index (χ2v) is 9.14. The van der Waals surface area contributed by atoms with Crippen molar-refractivity contribution in [2.75, 3.05) is 6.61 Å². The number of pyridine rings is 1. The van der Waals surface area contributed by atoms with Crippen molar-refractivity contribution in [1.29, 1.82) is 0 Å². The Kier molecular flexibility index (Phi) is 7.42. The summed E-state index contributed by atoms with van der Waals surface area (Å²) in [5, 5.41) is 1.27. The summed E-state index contributed by atoms with van der Waals surface area (Å²) in [4.78, 5) is 16.5. The van der Waals surface area contributed by atoms with E-state index in [1.54, 1.807) is 36.4 Å². The number of ether oxygens (including phenoxy) is 2. The SMILES string of the molecule is CCOc1ccc(Oc2cc(CNC(=O)C(C)S(=O)(=O)c3ccc(F)cc3)ccn2)cc1. The van der Waals surface area contributed by atoms with Crippen molar-refractivity contribution in [2.45, 2.75) is 30.5 Å². The fraction of sp³-hybridized carbons (Fsp3) is 0.217. The number of benzene rings is 2. The van der Waals surface area contributed by atoms with Gasteiger partial charge in [0.15, 0.2) is 9.84 Å². The van der Waals surface area contributed by atoms with Crippen molar-refractivity contribution in [2.24, 2.45) is 0 Å². The third-order valence-corrected chi connectivity index (χ3v) is 6.67. The average molecular weight is 459 g/mol. The summed E-state index contributed by atoms with van der Waals surface area (Å²) in [7, 11) is -3.94. The third-order valence-electron chi connectivity index (χ3n) is 4.60. The lowest BCUT2D eigenvalue weighted by Crippen LogP contribution is -2.37. The van der Waals surface area contributed by atoms with E-state index in [1.807, 2.05) is 6.92 Å². The van der Waals surface area contributed by atoms with Crippen molar-refractivity contribution >= 4 is 15.7 Å². The predicted molar refractivity (Wildman–Crippen MR) is 117 cm³/mol. The number of amides is 1. The highest BCUT2D eigenvalue weighted by Crippen LogP contribution is 2.23. The second kappa shape index (κ2) is 10.2. The van der Waals surface area contributed by atoms with Crippen molar-refractivity contribution in [3.63, 3.8) is 0 Å². The maximum absolute atomic E-state index is 13.1. The topological polar surface area (TPSA) is 94.6 Å². The highest BCUT2D eigenvalue weighted by molar-refractivity contribution is 7.92. The number of hydrogen-bond acceptors (Lipinski definition) is 6. The smallest absolute Gasteiger partial charge is 0.238 e. The molecule has 0 spiro atoms. The lowest BCUT2D eigenvalue weighted by atomic mass is 10.2. The number of nitrogens with one attached hydrogen (secondary N) is 1. The fourth-order valence-corrected chi connectivity index (χ4v) is 4.10. The summed E-state index contributed by atoms with van der Waals surface area (Å²) in [6, 6.07) is 14.8. The minimum Gasteiger partial charge on any atom is -0.494 e. The van der Waals surface area contributed by atoms with Gasteiger partial charge in [-0.2, -0.15) is 0 Å². The monoisotopic (exact) mass is 458 g/mol. The van der Waals surface area contributed by atoms with Crippen LogP contribution in [0.5, 0.6) is 17.4 Å². The Morgan fingerprint density at radius 1 is 1.06 bits per heavy atom. The number of nitrogens with zero attached hydrogens (tertiary/aromatic N) is 1. The van der Waals surface area contributed by atoms with E-state index in [-0.39, 0.29) is 11.4 Å². The van der Waals surface area contributed by atoms with Crippen LogP contribution >= 0.6 is 0 Å². The van der Waals surface area contributed by atoms with Gasteiger partial charge in [-0.15, -0.1) is 0 Å². The van der Waals surface area contributed by atoms with Gasteiger partial charge in [0, 0.05) is 18.8 Å². The molecule has 168 valence electrons. The van der Waals surface area contributed by atoms with Crippen LogP contribution in [0.3, 0.4) is 0 Å². The highest BCUT2D eigenvalue weighted by Gasteiger charge is 2.29. The zero-order chi connectivity index (χ0) is 23.1. The molecular weight excluding hydrogens is 435 g/mol. The van der Waals surface area contributed by atoms with E-state index in [0.29, 0.717) is 23.8 Å². The molecule has 32 heavy (non-hydrogen) atoms. The van der Waals surface area contributed by atoms with Gasteiger partial charge in [-0.1, -0.05) is 0 Å². The van der Waals surface area contributed by atoms with Crippen LogP contribution in [-0.4, -0.2) is 31.2 Å². The summed E-state index contributed by atoms with van der Waals surface area (Å²) in [5.41, 5.74) is 0.681. The van der Waals surface area contributed by atoms with Gasteiger partial charge in [-0.3, -0.25) is 4.79 Å². The molecular formula is C23H23FN2O5S. The molecule has 0 aliphatic rings. The second-order valence-electron chi connectivity index (χ2n) is 6.87. The van der Waals surface area contributed by atoms with Gasteiger partial charge < -0.3 is 14.8 Å². The summed E-state index contributed by atoms with van der Waals surface area (Å²) >= 11 is 0. The van der Waals surface area contributed by atoms with Crippen LogP contribution in [0.25, 0.3) is 0 Å². The number of aromatic nitrogens is 1. The first-order valence-electron chi connectivity index (χ1n) is 9.92. The Labute approximate surface area is 186 Å². The van der Waals surface area contributed by atoms with Crippen molar-refractivity contribution in [1.82, 2.24) is 10.3 Å². The minimum atomic E-state index is -3.94. The van der Waals surface area contributed by atoms with Crippen LogP contribution in [0.15, 0.2) is 71.8 Å². The van der Waals surface area contributed by atoms with Crippen molar-refractivity contribution < 1.29 is 27.1 Å². The normalized spacial score (nSPS) is 12.1. The molecule has 0 aliphatic heterocycles. The molecule has 9 heteroatoms. The van der Waals surface area contributed by atoms with E-state index in [1.165, 1.54) is 13.1 Å². The number of hydrogen-bond donors (Lipinski definition) is 1. The van der Waals surface area contributed by atoms with E-state index < -0.39 is 26.8 Å².